The molecule has 0 atom stereocenters. The zero-order chi connectivity index (χ0) is 31.0. The summed E-state index contributed by atoms with van der Waals surface area (Å²) in [7, 11) is -8.36. The van der Waals surface area contributed by atoms with Gasteiger partial charge in [-0.3, -0.25) is 9.44 Å². The van der Waals surface area contributed by atoms with Gasteiger partial charge in [0.05, 0.1) is 20.9 Å². The number of carbonyl (C=O) groups is 2. The van der Waals surface area contributed by atoms with Gasteiger partial charge in [-0.05, 0) is 52.3 Å². The molecule has 0 saturated carbocycles. The summed E-state index contributed by atoms with van der Waals surface area (Å²) in [6.07, 6.45) is 0.999. The Morgan fingerprint density at radius 2 is 1.52 bits per heavy atom. The monoisotopic (exact) mass is 755 g/mol. The van der Waals surface area contributed by atoms with Crippen molar-refractivity contribution in [2.75, 3.05) is 9.44 Å². The second-order valence-electron chi connectivity index (χ2n) is 7.98. The molecule has 0 spiro atoms. The zero-order valence-corrected chi connectivity index (χ0v) is 26.4. The van der Waals surface area contributed by atoms with Gasteiger partial charge < -0.3 is 14.9 Å². The number of anilines is 2. The fourth-order valence-electron chi connectivity index (χ4n) is 3.20. The zero-order valence-electron chi connectivity index (χ0n) is 20.1. The van der Waals surface area contributed by atoms with Crippen molar-refractivity contribution >= 4 is 105 Å². The summed E-state index contributed by atoms with van der Waals surface area (Å²) in [6, 6.07) is 8.51. The minimum absolute atomic E-state index is 0.0278. The lowest BCUT2D eigenvalue weighted by Crippen LogP contribution is -2.15. The van der Waals surface area contributed by atoms with Gasteiger partial charge in [-0.1, -0.05) is 34.8 Å². The number of rotatable bonds is 9. The molecule has 12 nitrogen and oxygen atoms in total. The second kappa shape index (κ2) is 12.2. The van der Waals surface area contributed by atoms with E-state index in [-0.39, 0.29) is 39.5 Å². The lowest BCUT2D eigenvalue weighted by molar-refractivity contribution is 0.0681. The number of carboxylic acid groups (broad SMARTS) is 1. The van der Waals surface area contributed by atoms with Crippen LogP contribution in [0.15, 0.2) is 68.3 Å². The van der Waals surface area contributed by atoms with Crippen LogP contribution in [0.2, 0.25) is 14.5 Å². The molecule has 0 bridgehead atoms. The summed E-state index contributed by atoms with van der Waals surface area (Å²) in [5, 5.41) is 20.0. The van der Waals surface area contributed by atoms with Gasteiger partial charge in [0.1, 0.15) is 41.2 Å². The lowest BCUT2D eigenvalue weighted by Gasteiger charge is -2.13. The van der Waals surface area contributed by atoms with Crippen LogP contribution in [-0.4, -0.2) is 44.0 Å². The molecule has 4 aromatic rings. The normalized spacial score (nSPS) is 11.6. The molecular formula is C23H13BrCl3N3O9S3. The predicted octanol–water partition coefficient (Wildman–Crippen LogP) is 6.09. The Morgan fingerprint density at radius 3 is 2.10 bits per heavy atom. The average molecular weight is 758 g/mol. The summed E-state index contributed by atoms with van der Waals surface area (Å²) in [5.41, 5.74) is -1.26. The maximum atomic E-state index is 12.8. The van der Waals surface area contributed by atoms with Crippen molar-refractivity contribution in [3.05, 3.63) is 84.8 Å². The van der Waals surface area contributed by atoms with Crippen molar-refractivity contribution in [1.82, 2.24) is 4.98 Å². The number of hydrogen-bond donors (Lipinski definition) is 4. The Kier molecular flexibility index (Phi) is 9.27. The number of nitrogens with zero attached hydrogens (tertiary/aromatic N) is 1. The van der Waals surface area contributed by atoms with E-state index in [2.05, 4.69) is 30.4 Å². The molecule has 42 heavy (non-hydrogen) atoms. The second-order valence-corrected chi connectivity index (χ2v) is 14.8. The van der Waals surface area contributed by atoms with Crippen LogP contribution in [0.25, 0.3) is 0 Å². The molecular weight excluding hydrogens is 745 g/mol. The van der Waals surface area contributed by atoms with Gasteiger partial charge in [0.15, 0.2) is 0 Å². The van der Waals surface area contributed by atoms with E-state index in [4.69, 9.17) is 39.5 Å². The number of aromatic hydroxyl groups is 1. The van der Waals surface area contributed by atoms with Crippen molar-refractivity contribution in [3.8, 4) is 11.5 Å². The number of sulfonamides is 2. The number of aromatic nitrogens is 1. The van der Waals surface area contributed by atoms with E-state index in [1.54, 1.807) is 0 Å². The maximum absolute atomic E-state index is 12.8. The number of pyridine rings is 1. The van der Waals surface area contributed by atoms with E-state index >= 15 is 0 Å². The third-order valence-electron chi connectivity index (χ3n) is 5.11. The summed E-state index contributed by atoms with van der Waals surface area (Å²) < 4.78 is 60.4. The number of hydrogen-bond acceptors (Lipinski definition) is 10. The molecule has 0 fully saturated rings. The summed E-state index contributed by atoms with van der Waals surface area (Å²) in [6.45, 7) is 0. The molecule has 0 aliphatic heterocycles. The van der Waals surface area contributed by atoms with E-state index in [1.807, 2.05) is 0 Å². The molecule has 0 aliphatic carbocycles. The first-order valence-electron chi connectivity index (χ1n) is 10.8. The number of carboxylic acids is 1. The minimum Gasteiger partial charge on any atom is -0.507 e. The van der Waals surface area contributed by atoms with Crippen LogP contribution in [0, 0.1) is 0 Å². The highest BCUT2D eigenvalue weighted by Gasteiger charge is 2.24. The number of aromatic carboxylic acids is 1. The van der Waals surface area contributed by atoms with Crippen molar-refractivity contribution in [2.45, 2.75) is 9.10 Å². The van der Waals surface area contributed by atoms with Gasteiger partial charge in [-0.15, -0.1) is 11.3 Å². The molecule has 2 aromatic heterocycles. The first kappa shape index (κ1) is 31.8. The first-order chi connectivity index (χ1) is 19.6. The van der Waals surface area contributed by atoms with Gasteiger partial charge in [0, 0.05) is 18.3 Å². The van der Waals surface area contributed by atoms with E-state index in [1.165, 1.54) is 6.07 Å². The van der Waals surface area contributed by atoms with Gasteiger partial charge in [-0.25, -0.2) is 31.4 Å². The quantitative estimate of drug-likeness (QED) is 0.0884. The average Bonchev–Trinajstić information content (AvgIpc) is 3.24. The summed E-state index contributed by atoms with van der Waals surface area (Å²) in [4.78, 5) is 28.1. The van der Waals surface area contributed by atoms with Crippen LogP contribution in [-0.2, 0) is 20.0 Å². The number of phenols is 1. The van der Waals surface area contributed by atoms with E-state index in [9.17, 15) is 36.6 Å². The van der Waals surface area contributed by atoms with Crippen molar-refractivity contribution in [2.24, 2.45) is 0 Å². The summed E-state index contributed by atoms with van der Waals surface area (Å²) >= 11 is 21.2. The number of nitrogens with one attached hydrogen (secondary N) is 2. The third kappa shape index (κ3) is 7.08. The highest BCUT2D eigenvalue weighted by atomic mass is 79.9. The maximum Gasteiger partial charge on any atom is 0.347 e. The van der Waals surface area contributed by atoms with Crippen molar-refractivity contribution in [3.63, 3.8) is 0 Å². The SMILES string of the molecule is O=C(Oc1cc(NS(=O)(=O)c2cnc(Cl)c(Br)c2)ccc1C(=O)O)c1ccc(NS(=O)(=O)c2cc(Cl)c(Cl)s2)cc1O. The van der Waals surface area contributed by atoms with Crippen LogP contribution in [0.5, 0.6) is 11.5 Å². The van der Waals surface area contributed by atoms with Crippen molar-refractivity contribution < 1.29 is 41.4 Å². The van der Waals surface area contributed by atoms with Gasteiger partial charge in [0.25, 0.3) is 20.0 Å². The van der Waals surface area contributed by atoms with Crippen LogP contribution < -0.4 is 14.2 Å². The number of halogens is 4. The fourth-order valence-corrected chi connectivity index (χ4v) is 7.75. The lowest BCUT2D eigenvalue weighted by atomic mass is 10.1. The van der Waals surface area contributed by atoms with Gasteiger partial charge in [-0.2, -0.15) is 0 Å². The molecule has 19 heteroatoms. The number of carbonyl (C=O) groups excluding carboxylic acids is 1. The Balaban J connectivity index is 1.57. The standard InChI is InChI=1S/C23H13BrCl3N3O9S3/c24-15-7-12(9-28-20(15)26)41(35,36)29-11-2-4-14(22(32)33)18(6-11)39-23(34)13-3-1-10(5-17(13)31)30-42(37,38)19-8-16(25)21(27)40-19/h1-9,29-31H,(H,32,33). The highest BCUT2D eigenvalue weighted by Crippen LogP contribution is 2.36. The van der Waals surface area contributed by atoms with E-state index in [0.717, 1.165) is 48.7 Å². The van der Waals surface area contributed by atoms with Gasteiger partial charge >= 0.3 is 11.9 Å². The Labute approximate surface area is 265 Å². The number of esters is 1. The smallest absolute Gasteiger partial charge is 0.347 e. The van der Waals surface area contributed by atoms with Crippen molar-refractivity contribution in [1.29, 1.82) is 0 Å². The number of ether oxygens (including phenoxy) is 1. The molecule has 2 aromatic carbocycles. The number of benzene rings is 2. The highest BCUT2D eigenvalue weighted by molar-refractivity contribution is 9.10. The van der Waals surface area contributed by atoms with Crippen LogP contribution in [0.1, 0.15) is 20.7 Å². The minimum atomic E-state index is -4.23. The molecule has 0 amide bonds. The molecule has 0 saturated heterocycles. The Bertz CT molecular complexity index is 1950. The van der Waals surface area contributed by atoms with E-state index < -0.39 is 54.6 Å². The van der Waals surface area contributed by atoms with Crippen LogP contribution in [0.3, 0.4) is 0 Å². The molecule has 0 aliphatic rings. The molecule has 4 N–H and O–H groups in total. The number of thiophene rings is 1. The van der Waals surface area contributed by atoms with E-state index in [0.29, 0.717) is 11.3 Å². The topological polar surface area (TPSA) is 189 Å². The Morgan fingerprint density at radius 1 is 0.905 bits per heavy atom. The number of phenolic OH excluding ortho intramolecular Hbond substituents is 1. The molecule has 2 heterocycles. The van der Waals surface area contributed by atoms with Crippen LogP contribution in [0.4, 0.5) is 11.4 Å². The fraction of sp³-hybridized carbons (Fsp3) is 0. The summed E-state index contributed by atoms with van der Waals surface area (Å²) in [5.74, 6) is -4.00. The Hall–Kier alpha value is -3.12. The third-order valence-corrected chi connectivity index (χ3v) is 11.3. The van der Waals surface area contributed by atoms with Gasteiger partial charge in [0.2, 0.25) is 0 Å². The van der Waals surface area contributed by atoms with Crippen LogP contribution >= 0.6 is 62.1 Å². The predicted molar refractivity (Wildman–Crippen MR) is 159 cm³/mol. The molecule has 0 radical (unpaired) electrons. The first-order valence-corrected chi connectivity index (χ1v) is 16.5. The molecule has 4 rings (SSSR count). The molecule has 0 unspecified atom stereocenters. The largest absolute Gasteiger partial charge is 0.507 e. The molecule has 220 valence electrons.